The summed E-state index contributed by atoms with van der Waals surface area (Å²) in [4.78, 5) is 9.34. The number of fused-ring (bicyclic) bond motifs is 9. The number of hydrogen-bond acceptors (Lipinski definition) is 7. The van der Waals surface area contributed by atoms with E-state index in [0.29, 0.717) is 0 Å². The predicted molar refractivity (Wildman–Crippen MR) is 384 cm³/mol. The Morgan fingerprint density at radius 3 is 1.00 bits per heavy atom. The maximum Gasteiger partial charge on any atom is 0.119 e. The van der Waals surface area contributed by atoms with Gasteiger partial charge in [0.05, 0.1) is 27.1 Å². The number of methoxy groups -OCH3 is 3. The van der Waals surface area contributed by atoms with Crippen molar-refractivity contribution in [3.8, 4) is 44.9 Å². The Labute approximate surface area is 542 Å². The average molecular weight is 1200 g/mol. The van der Waals surface area contributed by atoms with Gasteiger partial charge in [-0.3, -0.25) is 0 Å². The highest BCUT2D eigenvalue weighted by molar-refractivity contribution is 5.91. The third-order valence-electron chi connectivity index (χ3n) is 19.5. The highest BCUT2D eigenvalue weighted by atomic mass is 16.5. The molecule has 11 aromatic rings. The molecule has 0 saturated carbocycles. The first-order chi connectivity index (χ1) is 44.6. The molecule has 0 fully saturated rings. The Kier molecular flexibility index (Phi) is 14.9. The van der Waals surface area contributed by atoms with Crippen LogP contribution in [0.15, 0.2) is 285 Å². The molecule has 0 aliphatic heterocycles. The third kappa shape index (κ3) is 10.0. The van der Waals surface area contributed by atoms with E-state index in [1.165, 1.54) is 66.8 Å². The van der Waals surface area contributed by atoms with Crippen LogP contribution in [0.2, 0.25) is 0 Å². The number of hydrogen-bond donors (Lipinski definition) is 0. The lowest BCUT2D eigenvalue weighted by molar-refractivity contribution is 0.294. The van der Waals surface area contributed by atoms with Gasteiger partial charge in [0.2, 0.25) is 0 Å². The van der Waals surface area contributed by atoms with Crippen molar-refractivity contribution in [1.29, 1.82) is 0 Å². The molecular formula is C85H76N4O3. The first-order valence-electron chi connectivity index (χ1n) is 31.7. The zero-order valence-electron chi connectivity index (χ0n) is 54.1. The lowest BCUT2D eigenvalue weighted by atomic mass is 9.82. The van der Waals surface area contributed by atoms with E-state index < -0.39 is 0 Å². The summed E-state index contributed by atoms with van der Waals surface area (Å²) in [5, 5.41) is 0. The van der Waals surface area contributed by atoms with Crippen molar-refractivity contribution < 1.29 is 14.2 Å². The molecule has 7 nitrogen and oxygen atoms in total. The third-order valence-corrected chi connectivity index (χ3v) is 19.5. The monoisotopic (exact) mass is 1200 g/mol. The van der Waals surface area contributed by atoms with E-state index in [9.17, 15) is 0 Å². The second-order valence-corrected chi connectivity index (χ2v) is 25.8. The van der Waals surface area contributed by atoms with Crippen LogP contribution in [0.1, 0.15) is 81.8 Å². The van der Waals surface area contributed by atoms with Gasteiger partial charge in [-0.1, -0.05) is 139 Å². The molecule has 454 valence electrons. The molecule has 11 aromatic carbocycles. The van der Waals surface area contributed by atoms with Gasteiger partial charge in [-0.2, -0.15) is 0 Å². The van der Waals surface area contributed by atoms with Crippen LogP contribution in [0, 0.1) is 0 Å². The Hall–Kier alpha value is -10.8. The van der Waals surface area contributed by atoms with Gasteiger partial charge < -0.3 is 33.8 Å². The molecule has 0 bridgehead atoms. The zero-order valence-corrected chi connectivity index (χ0v) is 54.1. The summed E-state index contributed by atoms with van der Waals surface area (Å²) in [6, 6.07) is 90.8. The molecule has 14 rings (SSSR count). The van der Waals surface area contributed by atoms with Crippen LogP contribution in [0.4, 0.5) is 62.6 Å². The largest absolute Gasteiger partial charge is 0.501 e. The molecule has 3 aliphatic rings. The molecule has 0 unspecified atom stereocenters. The van der Waals surface area contributed by atoms with Crippen molar-refractivity contribution in [1.82, 2.24) is 0 Å². The fourth-order valence-corrected chi connectivity index (χ4v) is 14.5. The lowest BCUT2D eigenvalue weighted by Crippen LogP contribution is -2.17. The van der Waals surface area contributed by atoms with Crippen LogP contribution in [-0.4, -0.2) is 21.3 Å². The number of allylic oxidation sites excluding steroid dienone is 4. The van der Waals surface area contributed by atoms with Gasteiger partial charge >= 0.3 is 0 Å². The van der Waals surface area contributed by atoms with Crippen LogP contribution in [0.3, 0.4) is 0 Å². The maximum atomic E-state index is 5.69. The summed E-state index contributed by atoms with van der Waals surface area (Å²) in [6.07, 6.45) is 6.00. The molecule has 0 amide bonds. The Morgan fingerprint density at radius 2 is 0.620 bits per heavy atom. The van der Waals surface area contributed by atoms with Crippen molar-refractivity contribution >= 4 is 62.6 Å². The van der Waals surface area contributed by atoms with Crippen molar-refractivity contribution in [3.63, 3.8) is 0 Å². The van der Waals surface area contributed by atoms with Crippen molar-refractivity contribution in [2.24, 2.45) is 0 Å². The number of nitrogens with zero attached hydrogens (tertiary/aromatic N) is 4. The molecule has 0 saturated heterocycles. The van der Waals surface area contributed by atoms with Crippen LogP contribution in [-0.2, 0) is 21.0 Å². The number of rotatable bonds is 17. The Bertz CT molecular complexity index is 4490. The highest BCUT2D eigenvalue weighted by Gasteiger charge is 2.39. The van der Waals surface area contributed by atoms with Crippen LogP contribution in [0.25, 0.3) is 33.4 Å². The molecule has 0 radical (unpaired) electrons. The Morgan fingerprint density at radius 1 is 0.315 bits per heavy atom. The molecule has 0 heterocycles. The smallest absolute Gasteiger partial charge is 0.119 e. The number of benzene rings is 11. The van der Waals surface area contributed by atoms with Gasteiger partial charge in [0, 0.05) is 84.5 Å². The van der Waals surface area contributed by atoms with Crippen molar-refractivity contribution in [2.45, 2.75) is 64.7 Å². The van der Waals surface area contributed by atoms with Gasteiger partial charge in [-0.05, 0) is 250 Å². The molecule has 0 N–H and O–H groups in total. The van der Waals surface area contributed by atoms with E-state index in [1.807, 2.05) is 43.3 Å². The minimum atomic E-state index is -0.176. The van der Waals surface area contributed by atoms with Crippen molar-refractivity contribution in [3.05, 3.63) is 318 Å². The van der Waals surface area contributed by atoms with E-state index in [4.69, 9.17) is 14.2 Å². The second kappa shape index (κ2) is 23.2. The first kappa shape index (κ1) is 58.9. The summed E-state index contributed by atoms with van der Waals surface area (Å²) in [5.74, 6) is 2.40. The maximum absolute atomic E-state index is 5.69. The summed E-state index contributed by atoms with van der Waals surface area (Å²) >= 11 is 0. The highest BCUT2D eigenvalue weighted by Crippen LogP contribution is 2.54. The van der Waals surface area contributed by atoms with Crippen LogP contribution in [0.5, 0.6) is 11.5 Å². The van der Waals surface area contributed by atoms with E-state index in [-0.39, 0.29) is 16.2 Å². The standard InChI is InChI=1S/C85H76N4O3/c1-12-57(26-25-56(2)90-9)86(66-45-52-80-76(53-66)73-21-15-18-24-79(73)83(80,3)4)58-27-29-59(30-28-58)87(60-31-35-62(36-32-60)88(64-39-46-69(91-10)47-40-64)67-43-50-74-71-19-13-16-22-77(71)84(5,6)81(74)54-67)61-33-37-63(38-34-61)89(65-41-48-70(92-11)49-42-65)68-44-51-75-72-20-14-17-23-78(72)85(7,8)82(75)55-68/h12-55H,1H2,2-11H3. The first-order valence-corrected chi connectivity index (χ1v) is 31.7. The number of anilines is 11. The van der Waals surface area contributed by atoms with E-state index in [0.717, 1.165) is 85.5 Å². The summed E-state index contributed by atoms with van der Waals surface area (Å²) in [7, 11) is 5.13. The van der Waals surface area contributed by atoms with Crippen molar-refractivity contribution in [2.75, 3.05) is 40.9 Å². The second-order valence-electron chi connectivity index (χ2n) is 25.8. The van der Waals surface area contributed by atoms with E-state index >= 15 is 0 Å². The molecular weight excluding hydrogens is 1120 g/mol. The quantitative estimate of drug-likeness (QED) is 0.0665. The molecule has 0 spiro atoms. The van der Waals surface area contributed by atoms with E-state index in [1.54, 1.807) is 21.3 Å². The van der Waals surface area contributed by atoms with Crippen LogP contribution < -0.4 is 29.1 Å². The SMILES string of the molecule is C=CC(=CC=C(C)OC)N(c1ccc(N(c2ccc(N(c3ccc(OC)cc3)c3ccc4c(c3)C(C)(C)c3ccccc3-4)cc2)c2ccc(N(c3ccc(OC)cc3)c3ccc4c(c3)C(C)(C)c3ccccc3-4)cc2)cc1)c1ccc2c(c1)-c1ccccc1C2(C)C. The molecule has 92 heavy (non-hydrogen) atoms. The lowest BCUT2D eigenvalue weighted by Gasteiger charge is -2.31. The number of ether oxygens (including phenoxy) is 3. The Balaban J connectivity index is 0.896. The van der Waals surface area contributed by atoms with Gasteiger partial charge in [0.1, 0.15) is 11.5 Å². The fourth-order valence-electron chi connectivity index (χ4n) is 14.5. The topological polar surface area (TPSA) is 40.7 Å². The average Bonchev–Trinajstić information content (AvgIpc) is 1.59. The van der Waals surface area contributed by atoms with E-state index in [2.05, 4.69) is 298 Å². The van der Waals surface area contributed by atoms with Crippen LogP contribution >= 0.6 is 0 Å². The van der Waals surface area contributed by atoms with Gasteiger partial charge in [0.25, 0.3) is 0 Å². The molecule has 0 atom stereocenters. The van der Waals surface area contributed by atoms with Gasteiger partial charge in [-0.15, -0.1) is 0 Å². The molecule has 3 aliphatic carbocycles. The fraction of sp³-hybridized carbons (Fsp3) is 0.153. The summed E-state index contributed by atoms with van der Waals surface area (Å²) < 4.78 is 17.0. The zero-order chi connectivity index (χ0) is 63.6. The minimum absolute atomic E-state index is 0.133. The van der Waals surface area contributed by atoms with Gasteiger partial charge in [-0.25, -0.2) is 0 Å². The summed E-state index contributed by atoms with van der Waals surface area (Å²) in [6.45, 7) is 20.3. The normalized spacial score (nSPS) is 14.2. The minimum Gasteiger partial charge on any atom is -0.501 e. The summed E-state index contributed by atoms with van der Waals surface area (Å²) in [5.41, 5.74) is 27.2. The molecule has 0 aromatic heterocycles. The predicted octanol–water partition coefficient (Wildman–Crippen LogP) is 22.8. The molecule has 7 heteroatoms. The van der Waals surface area contributed by atoms with Gasteiger partial charge in [0.15, 0.2) is 0 Å².